The third-order valence-electron chi connectivity index (χ3n) is 3.45. The SMILES string of the molecule is CN1C=CC(=C2C(=O)CCC2=O)c2ccccc21. The summed E-state index contributed by atoms with van der Waals surface area (Å²) in [4.78, 5) is 25.7. The minimum Gasteiger partial charge on any atom is -0.351 e. The first-order chi connectivity index (χ1) is 8.68. The Morgan fingerprint density at radius 3 is 2.44 bits per heavy atom. The summed E-state index contributed by atoms with van der Waals surface area (Å²) in [5.41, 5.74) is 3.14. The monoisotopic (exact) mass is 239 g/mol. The Morgan fingerprint density at radius 1 is 1.06 bits per heavy atom. The number of hydrogen-bond acceptors (Lipinski definition) is 3. The average molecular weight is 239 g/mol. The molecule has 0 aromatic heterocycles. The molecule has 90 valence electrons. The maximum atomic E-state index is 11.8. The summed E-state index contributed by atoms with van der Waals surface area (Å²) < 4.78 is 0. The number of carbonyl (C=O) groups is 2. The van der Waals surface area contributed by atoms with E-state index in [2.05, 4.69) is 0 Å². The molecule has 1 aliphatic heterocycles. The van der Waals surface area contributed by atoms with Gasteiger partial charge in [0.05, 0.1) is 5.57 Å². The quantitative estimate of drug-likeness (QED) is 0.515. The van der Waals surface area contributed by atoms with Crippen LogP contribution >= 0.6 is 0 Å². The minimum absolute atomic E-state index is 0.0287. The second-order valence-corrected chi connectivity index (χ2v) is 4.58. The van der Waals surface area contributed by atoms with Crippen LogP contribution in [-0.2, 0) is 9.59 Å². The number of Topliss-reactive ketones (excluding diaryl/α,β-unsaturated/α-hetero) is 2. The number of ketones is 2. The predicted octanol–water partition coefficient (Wildman–Crippen LogP) is 2.34. The fraction of sp³-hybridized carbons (Fsp3) is 0.200. The standard InChI is InChI=1S/C15H13NO2/c1-16-9-8-11(10-4-2-3-5-12(10)16)15-13(17)6-7-14(15)18/h2-5,8-9H,6-7H2,1H3. The van der Waals surface area contributed by atoms with Gasteiger partial charge in [-0.25, -0.2) is 0 Å². The Bertz CT molecular complexity index is 593. The van der Waals surface area contributed by atoms with E-state index in [-0.39, 0.29) is 11.6 Å². The summed E-state index contributed by atoms with van der Waals surface area (Å²) in [7, 11) is 1.95. The third-order valence-corrected chi connectivity index (χ3v) is 3.45. The zero-order valence-corrected chi connectivity index (χ0v) is 10.1. The number of hydrogen-bond donors (Lipinski definition) is 0. The molecule has 3 heteroatoms. The summed E-state index contributed by atoms with van der Waals surface area (Å²) in [5, 5.41) is 0. The molecule has 18 heavy (non-hydrogen) atoms. The number of para-hydroxylation sites is 1. The number of allylic oxidation sites excluding steroid dienone is 3. The highest BCUT2D eigenvalue weighted by atomic mass is 16.2. The first-order valence-electron chi connectivity index (χ1n) is 5.99. The lowest BCUT2D eigenvalue weighted by molar-refractivity contribution is -0.116. The number of fused-ring (bicyclic) bond motifs is 1. The maximum absolute atomic E-state index is 11.8. The summed E-state index contributed by atoms with van der Waals surface area (Å²) in [5.74, 6) is -0.0574. The highest BCUT2D eigenvalue weighted by Gasteiger charge is 2.30. The third kappa shape index (κ3) is 1.51. The molecule has 0 N–H and O–H groups in total. The molecule has 0 atom stereocenters. The van der Waals surface area contributed by atoms with Gasteiger partial charge in [-0.05, 0) is 17.7 Å². The fourth-order valence-electron chi connectivity index (χ4n) is 2.52. The molecular formula is C15H13NO2. The Labute approximate surface area is 105 Å². The molecule has 1 aromatic carbocycles. The molecule has 2 aliphatic rings. The van der Waals surface area contributed by atoms with Gasteiger partial charge in [-0.15, -0.1) is 0 Å². The Morgan fingerprint density at radius 2 is 1.72 bits per heavy atom. The van der Waals surface area contributed by atoms with Crippen LogP contribution in [0.2, 0.25) is 0 Å². The van der Waals surface area contributed by atoms with Gasteiger partial charge < -0.3 is 4.90 Å². The highest BCUT2D eigenvalue weighted by molar-refractivity contribution is 6.30. The van der Waals surface area contributed by atoms with Gasteiger partial charge in [-0.1, -0.05) is 18.2 Å². The van der Waals surface area contributed by atoms with Crippen molar-refractivity contribution < 1.29 is 9.59 Å². The van der Waals surface area contributed by atoms with Gasteiger partial charge in [0.15, 0.2) is 11.6 Å². The molecular weight excluding hydrogens is 226 g/mol. The number of benzene rings is 1. The van der Waals surface area contributed by atoms with E-state index in [9.17, 15) is 9.59 Å². The van der Waals surface area contributed by atoms with Crippen LogP contribution in [0.4, 0.5) is 5.69 Å². The van der Waals surface area contributed by atoms with Crippen molar-refractivity contribution in [1.29, 1.82) is 0 Å². The van der Waals surface area contributed by atoms with E-state index in [1.165, 1.54) is 0 Å². The largest absolute Gasteiger partial charge is 0.351 e. The van der Waals surface area contributed by atoms with Crippen LogP contribution in [0.3, 0.4) is 0 Å². The van der Waals surface area contributed by atoms with Gasteiger partial charge in [0.1, 0.15) is 0 Å². The lowest BCUT2D eigenvalue weighted by atomic mass is 9.94. The van der Waals surface area contributed by atoms with Crippen LogP contribution in [0, 0.1) is 0 Å². The van der Waals surface area contributed by atoms with Crippen molar-refractivity contribution >= 4 is 22.8 Å². The van der Waals surface area contributed by atoms with Crippen molar-refractivity contribution in [1.82, 2.24) is 0 Å². The van der Waals surface area contributed by atoms with E-state index < -0.39 is 0 Å². The zero-order valence-electron chi connectivity index (χ0n) is 10.1. The lowest BCUT2D eigenvalue weighted by Gasteiger charge is -2.24. The van der Waals surface area contributed by atoms with Gasteiger partial charge in [-0.2, -0.15) is 0 Å². The Hall–Kier alpha value is -2.16. The van der Waals surface area contributed by atoms with Crippen molar-refractivity contribution in [2.24, 2.45) is 0 Å². The normalized spacial score (nSPS) is 18.6. The van der Waals surface area contributed by atoms with Crippen LogP contribution in [0.15, 0.2) is 42.1 Å². The van der Waals surface area contributed by atoms with Crippen LogP contribution < -0.4 is 4.90 Å². The Balaban J connectivity index is 2.26. The van der Waals surface area contributed by atoms with Gasteiger partial charge in [0.2, 0.25) is 0 Å². The molecule has 0 radical (unpaired) electrons. The van der Waals surface area contributed by atoms with Crippen molar-refractivity contribution in [2.45, 2.75) is 12.8 Å². The highest BCUT2D eigenvalue weighted by Crippen LogP contribution is 2.36. The summed E-state index contributed by atoms with van der Waals surface area (Å²) in [6.45, 7) is 0. The van der Waals surface area contributed by atoms with Crippen LogP contribution in [0.25, 0.3) is 5.57 Å². The molecule has 1 heterocycles. The topological polar surface area (TPSA) is 37.4 Å². The molecule has 0 unspecified atom stereocenters. The molecule has 0 spiro atoms. The maximum Gasteiger partial charge on any atom is 0.167 e. The summed E-state index contributed by atoms with van der Waals surface area (Å²) >= 11 is 0. The van der Waals surface area contributed by atoms with E-state index in [0.29, 0.717) is 18.4 Å². The minimum atomic E-state index is -0.0287. The smallest absolute Gasteiger partial charge is 0.167 e. The van der Waals surface area contributed by atoms with Crippen molar-refractivity contribution in [3.05, 3.63) is 47.7 Å². The summed E-state index contributed by atoms with van der Waals surface area (Å²) in [6, 6.07) is 7.82. The van der Waals surface area contributed by atoms with Gasteiger partial charge in [0, 0.05) is 37.3 Å². The molecule has 1 aromatic rings. The van der Waals surface area contributed by atoms with Crippen LogP contribution in [0.5, 0.6) is 0 Å². The Kier molecular flexibility index (Phi) is 2.40. The van der Waals surface area contributed by atoms with E-state index in [0.717, 1.165) is 16.8 Å². The summed E-state index contributed by atoms with van der Waals surface area (Å²) in [6.07, 6.45) is 4.45. The number of rotatable bonds is 0. The molecule has 0 saturated heterocycles. The van der Waals surface area contributed by atoms with Crippen LogP contribution in [-0.4, -0.2) is 18.6 Å². The number of carbonyl (C=O) groups excluding carboxylic acids is 2. The molecule has 1 aliphatic carbocycles. The van der Waals surface area contributed by atoms with Crippen molar-refractivity contribution in [3.8, 4) is 0 Å². The second-order valence-electron chi connectivity index (χ2n) is 4.58. The first kappa shape index (κ1) is 11.0. The molecule has 3 nitrogen and oxygen atoms in total. The molecule has 1 saturated carbocycles. The number of nitrogens with zero attached hydrogens (tertiary/aromatic N) is 1. The van der Waals surface area contributed by atoms with Crippen molar-refractivity contribution in [3.63, 3.8) is 0 Å². The van der Waals surface area contributed by atoms with E-state index in [1.54, 1.807) is 0 Å². The van der Waals surface area contributed by atoms with Crippen molar-refractivity contribution in [2.75, 3.05) is 11.9 Å². The molecule has 3 rings (SSSR count). The number of anilines is 1. The van der Waals surface area contributed by atoms with Gasteiger partial charge >= 0.3 is 0 Å². The lowest BCUT2D eigenvalue weighted by Crippen LogP contribution is -2.15. The molecule has 0 amide bonds. The van der Waals surface area contributed by atoms with Crippen LogP contribution in [0.1, 0.15) is 18.4 Å². The van der Waals surface area contributed by atoms with E-state index in [4.69, 9.17) is 0 Å². The second kappa shape index (κ2) is 3.95. The van der Waals surface area contributed by atoms with Gasteiger partial charge in [-0.3, -0.25) is 9.59 Å². The average Bonchev–Trinajstić information content (AvgIpc) is 2.71. The zero-order chi connectivity index (χ0) is 12.7. The predicted molar refractivity (Wildman–Crippen MR) is 70.2 cm³/mol. The first-order valence-corrected chi connectivity index (χ1v) is 5.99. The molecule has 0 bridgehead atoms. The van der Waals surface area contributed by atoms with Gasteiger partial charge in [0.25, 0.3) is 0 Å². The van der Waals surface area contributed by atoms with E-state index >= 15 is 0 Å². The molecule has 1 fully saturated rings. The fourth-order valence-corrected chi connectivity index (χ4v) is 2.52. The van der Waals surface area contributed by atoms with E-state index in [1.807, 2.05) is 48.5 Å².